The van der Waals surface area contributed by atoms with Crippen molar-refractivity contribution in [1.29, 1.82) is 0 Å². The molecular weight excluding hydrogens is 314 g/mol. The lowest BCUT2D eigenvalue weighted by Gasteiger charge is -2.20. The van der Waals surface area contributed by atoms with Crippen molar-refractivity contribution in [2.24, 2.45) is 0 Å². The second-order valence-electron chi connectivity index (χ2n) is 5.95. The minimum atomic E-state index is -0.120. The van der Waals surface area contributed by atoms with Crippen LogP contribution in [0.15, 0.2) is 73.1 Å². The molecule has 0 bridgehead atoms. The Kier molecular flexibility index (Phi) is 4.12. The van der Waals surface area contributed by atoms with Gasteiger partial charge in [0, 0.05) is 29.3 Å². The highest BCUT2D eigenvalue weighted by atomic mass is 16.5. The van der Waals surface area contributed by atoms with Crippen molar-refractivity contribution >= 4 is 11.7 Å². The molecule has 1 aliphatic rings. The lowest BCUT2D eigenvalue weighted by atomic mass is 10.2. The number of rotatable bonds is 2. The van der Waals surface area contributed by atoms with Gasteiger partial charge in [-0.25, -0.2) is 4.79 Å². The summed E-state index contributed by atoms with van der Waals surface area (Å²) >= 11 is 0. The van der Waals surface area contributed by atoms with Gasteiger partial charge >= 0.3 is 6.03 Å². The monoisotopic (exact) mass is 333 g/mol. The highest BCUT2D eigenvalue weighted by molar-refractivity contribution is 5.89. The van der Waals surface area contributed by atoms with E-state index in [1.54, 1.807) is 4.90 Å². The molecule has 0 aliphatic carbocycles. The van der Waals surface area contributed by atoms with Gasteiger partial charge in [-0.05, 0) is 36.4 Å². The van der Waals surface area contributed by atoms with Crippen LogP contribution in [0.2, 0.25) is 0 Å². The molecule has 0 saturated carbocycles. The summed E-state index contributed by atoms with van der Waals surface area (Å²) in [4.78, 5) is 14.5. The fraction of sp³-hybridized carbons (Fsp3) is 0.150. The predicted molar refractivity (Wildman–Crippen MR) is 97.1 cm³/mol. The molecule has 1 N–H and O–H groups in total. The lowest BCUT2D eigenvalue weighted by Crippen LogP contribution is -2.36. The number of carbonyl (C=O) groups is 1. The number of carbonyl (C=O) groups excluding carboxylic acids is 1. The van der Waals surface area contributed by atoms with E-state index in [4.69, 9.17) is 4.74 Å². The molecule has 0 fully saturated rings. The third kappa shape index (κ3) is 3.35. The topological polar surface area (TPSA) is 46.5 Å². The SMILES string of the molecule is O=C(Nc1cccc(-n2cccc2)c1)N1CCOc2ccccc2C1. The zero-order valence-corrected chi connectivity index (χ0v) is 13.8. The molecule has 4 rings (SSSR count). The van der Waals surface area contributed by atoms with Crippen molar-refractivity contribution in [1.82, 2.24) is 9.47 Å². The Labute approximate surface area is 146 Å². The normalized spacial score (nSPS) is 13.5. The molecule has 25 heavy (non-hydrogen) atoms. The standard InChI is InChI=1S/C20H19N3O2/c24-20(23-12-13-25-19-9-2-1-6-16(19)15-23)21-17-7-5-8-18(14-17)22-10-3-4-11-22/h1-11,14H,12-13,15H2,(H,21,24). The Morgan fingerprint density at radius 1 is 1.00 bits per heavy atom. The van der Waals surface area contributed by atoms with Gasteiger partial charge < -0.3 is 19.5 Å². The van der Waals surface area contributed by atoms with E-state index in [9.17, 15) is 4.79 Å². The van der Waals surface area contributed by atoms with Crippen LogP contribution in [0.25, 0.3) is 5.69 Å². The van der Waals surface area contributed by atoms with Gasteiger partial charge in [0.05, 0.1) is 13.1 Å². The first-order valence-electron chi connectivity index (χ1n) is 8.30. The molecule has 3 aromatic rings. The predicted octanol–water partition coefficient (Wildman–Crippen LogP) is 3.90. The summed E-state index contributed by atoms with van der Waals surface area (Å²) in [7, 11) is 0. The van der Waals surface area contributed by atoms with E-state index >= 15 is 0 Å². The Balaban J connectivity index is 1.50. The molecule has 5 nitrogen and oxygen atoms in total. The van der Waals surface area contributed by atoms with Crippen LogP contribution < -0.4 is 10.1 Å². The fourth-order valence-corrected chi connectivity index (χ4v) is 2.95. The second kappa shape index (κ2) is 6.73. The van der Waals surface area contributed by atoms with Crippen molar-refractivity contribution in [2.45, 2.75) is 6.54 Å². The van der Waals surface area contributed by atoms with Crippen LogP contribution in [0.5, 0.6) is 5.75 Å². The summed E-state index contributed by atoms with van der Waals surface area (Å²) in [6.45, 7) is 1.59. The number of aromatic nitrogens is 1. The van der Waals surface area contributed by atoms with E-state index in [1.165, 1.54) is 0 Å². The van der Waals surface area contributed by atoms with Crippen molar-refractivity contribution in [3.8, 4) is 11.4 Å². The summed E-state index contributed by atoms with van der Waals surface area (Å²) in [5, 5.41) is 2.99. The number of nitrogens with one attached hydrogen (secondary N) is 1. The first kappa shape index (κ1) is 15.3. The summed E-state index contributed by atoms with van der Waals surface area (Å²) in [6, 6.07) is 19.5. The smallest absolute Gasteiger partial charge is 0.322 e. The summed E-state index contributed by atoms with van der Waals surface area (Å²) in [5.41, 5.74) is 2.80. The molecule has 0 atom stereocenters. The molecule has 5 heteroatoms. The van der Waals surface area contributed by atoms with Gasteiger partial charge in [0.2, 0.25) is 0 Å². The second-order valence-corrected chi connectivity index (χ2v) is 5.95. The summed E-state index contributed by atoms with van der Waals surface area (Å²) < 4.78 is 7.73. The van der Waals surface area contributed by atoms with Gasteiger partial charge in [-0.1, -0.05) is 24.3 Å². The quantitative estimate of drug-likeness (QED) is 0.773. The number of amides is 2. The van der Waals surface area contributed by atoms with Gasteiger partial charge in [0.25, 0.3) is 0 Å². The number of hydrogen-bond donors (Lipinski definition) is 1. The number of benzene rings is 2. The molecule has 2 aromatic carbocycles. The maximum Gasteiger partial charge on any atom is 0.322 e. The lowest BCUT2D eigenvalue weighted by molar-refractivity contribution is 0.200. The number of ether oxygens (including phenoxy) is 1. The van der Waals surface area contributed by atoms with E-state index < -0.39 is 0 Å². The van der Waals surface area contributed by atoms with Crippen LogP contribution in [-0.2, 0) is 6.54 Å². The third-order valence-corrected chi connectivity index (χ3v) is 4.24. The third-order valence-electron chi connectivity index (χ3n) is 4.24. The van der Waals surface area contributed by atoms with E-state index in [-0.39, 0.29) is 6.03 Å². The molecule has 1 aliphatic heterocycles. The van der Waals surface area contributed by atoms with Gasteiger partial charge in [-0.2, -0.15) is 0 Å². The number of fused-ring (bicyclic) bond motifs is 1. The molecule has 1 aromatic heterocycles. The molecule has 126 valence electrons. The number of anilines is 1. The molecule has 0 saturated heterocycles. The van der Waals surface area contributed by atoms with Crippen molar-refractivity contribution in [3.05, 3.63) is 78.6 Å². The number of nitrogens with zero attached hydrogens (tertiary/aromatic N) is 2. The Morgan fingerprint density at radius 2 is 1.84 bits per heavy atom. The van der Waals surface area contributed by atoms with Crippen LogP contribution in [0.4, 0.5) is 10.5 Å². The minimum absolute atomic E-state index is 0.120. The highest BCUT2D eigenvalue weighted by Crippen LogP contribution is 2.23. The molecule has 2 amide bonds. The molecular formula is C20H19N3O2. The first-order chi connectivity index (χ1) is 12.3. The summed E-state index contributed by atoms with van der Waals surface area (Å²) in [6.07, 6.45) is 3.95. The first-order valence-corrected chi connectivity index (χ1v) is 8.30. The van der Waals surface area contributed by atoms with Crippen molar-refractivity contribution in [3.63, 3.8) is 0 Å². The average Bonchev–Trinajstić information content (AvgIpc) is 3.08. The largest absolute Gasteiger partial charge is 0.491 e. The number of para-hydroxylation sites is 1. The van der Waals surface area contributed by atoms with Crippen molar-refractivity contribution < 1.29 is 9.53 Å². The van der Waals surface area contributed by atoms with Crippen LogP contribution in [0.1, 0.15) is 5.56 Å². The zero-order valence-electron chi connectivity index (χ0n) is 13.8. The van der Waals surface area contributed by atoms with E-state index in [2.05, 4.69) is 5.32 Å². The van der Waals surface area contributed by atoms with Gasteiger partial charge in [-0.15, -0.1) is 0 Å². The van der Waals surface area contributed by atoms with Crippen LogP contribution in [0, 0.1) is 0 Å². The summed E-state index contributed by atoms with van der Waals surface area (Å²) in [5.74, 6) is 0.854. The van der Waals surface area contributed by atoms with E-state index in [1.807, 2.05) is 77.6 Å². The Morgan fingerprint density at radius 3 is 2.72 bits per heavy atom. The van der Waals surface area contributed by atoms with Gasteiger partial charge in [0.15, 0.2) is 0 Å². The van der Waals surface area contributed by atoms with Crippen LogP contribution >= 0.6 is 0 Å². The Bertz CT molecular complexity index is 874. The zero-order chi connectivity index (χ0) is 17.1. The molecule has 0 radical (unpaired) electrons. The minimum Gasteiger partial charge on any atom is -0.491 e. The van der Waals surface area contributed by atoms with Crippen LogP contribution in [0.3, 0.4) is 0 Å². The Hall–Kier alpha value is -3.21. The number of urea groups is 1. The number of hydrogen-bond acceptors (Lipinski definition) is 2. The maximum atomic E-state index is 12.7. The fourth-order valence-electron chi connectivity index (χ4n) is 2.95. The van der Waals surface area contributed by atoms with Gasteiger partial charge in [0.1, 0.15) is 12.4 Å². The van der Waals surface area contributed by atoms with E-state index in [0.29, 0.717) is 19.7 Å². The maximum absolute atomic E-state index is 12.7. The van der Waals surface area contributed by atoms with E-state index in [0.717, 1.165) is 22.7 Å². The highest BCUT2D eigenvalue weighted by Gasteiger charge is 2.19. The molecule has 0 unspecified atom stereocenters. The van der Waals surface area contributed by atoms with Crippen LogP contribution in [-0.4, -0.2) is 28.6 Å². The van der Waals surface area contributed by atoms with Gasteiger partial charge in [-0.3, -0.25) is 0 Å². The van der Waals surface area contributed by atoms with Crippen molar-refractivity contribution in [2.75, 3.05) is 18.5 Å². The average molecular weight is 333 g/mol. The molecule has 2 heterocycles. The molecule has 0 spiro atoms.